The molecule has 0 saturated heterocycles. The van der Waals surface area contributed by atoms with Gasteiger partial charge in [0.25, 0.3) is 0 Å². The van der Waals surface area contributed by atoms with Crippen molar-refractivity contribution < 1.29 is 28.6 Å². The fraction of sp³-hybridized carbons (Fsp3) is 0.250. The van der Waals surface area contributed by atoms with E-state index >= 15 is 0 Å². The third-order valence-electron chi connectivity index (χ3n) is 3.63. The van der Waals surface area contributed by atoms with Gasteiger partial charge in [-0.05, 0) is 20.8 Å². The molecule has 1 atom stereocenters. The lowest BCUT2D eigenvalue weighted by atomic mass is 10.2. The first-order chi connectivity index (χ1) is 17.1. The summed E-state index contributed by atoms with van der Waals surface area (Å²) < 4.78 is 18.0. The lowest BCUT2D eigenvalue weighted by Gasteiger charge is -2.17. The second kappa shape index (κ2) is 14.8. The fourth-order valence-electron chi connectivity index (χ4n) is 1.83. The Morgan fingerprint density at radius 3 is 1.72 bits per heavy atom. The molecule has 3 aromatic heterocycles. The second-order valence-electron chi connectivity index (χ2n) is 6.88. The van der Waals surface area contributed by atoms with Crippen molar-refractivity contribution in [1.29, 1.82) is 0 Å². The summed E-state index contributed by atoms with van der Waals surface area (Å²) in [6.07, 6.45) is 26.0. The van der Waals surface area contributed by atoms with E-state index in [1.165, 1.54) is 69.9 Å². The summed E-state index contributed by atoms with van der Waals surface area (Å²) in [7, 11) is 0. The van der Waals surface area contributed by atoms with Gasteiger partial charge in [0.2, 0.25) is 0 Å². The zero-order valence-electron chi connectivity index (χ0n) is 19.8. The Kier molecular flexibility index (Phi) is 11.8. The predicted octanol–water partition coefficient (Wildman–Crippen LogP) is 2.67. The third-order valence-corrected chi connectivity index (χ3v) is 3.63. The average molecular weight is 492 g/mol. The van der Waals surface area contributed by atoms with Gasteiger partial charge >= 0.3 is 18.3 Å². The molecule has 186 valence electrons. The van der Waals surface area contributed by atoms with Crippen LogP contribution in [0, 0.1) is 37.0 Å². The molecular formula is C24H24N6O6. The number of ether oxygens (including phenoxy) is 3. The van der Waals surface area contributed by atoms with Crippen LogP contribution >= 0.6 is 0 Å². The van der Waals surface area contributed by atoms with Crippen LogP contribution in [0.3, 0.4) is 0 Å². The summed E-state index contributed by atoms with van der Waals surface area (Å²) in [6.45, 7) is 4.88. The largest absolute Gasteiger partial charge is 0.436 e. The minimum absolute atomic E-state index is 0.0169. The molecule has 0 radical (unpaired) electrons. The van der Waals surface area contributed by atoms with Crippen LogP contribution in [-0.4, -0.2) is 65.2 Å². The molecule has 3 rings (SSSR count). The quantitative estimate of drug-likeness (QED) is 0.400. The van der Waals surface area contributed by atoms with Crippen molar-refractivity contribution in [2.24, 2.45) is 0 Å². The van der Waals surface area contributed by atoms with Crippen molar-refractivity contribution in [3.63, 3.8) is 0 Å². The third kappa shape index (κ3) is 10.6. The zero-order valence-corrected chi connectivity index (χ0v) is 19.8. The summed E-state index contributed by atoms with van der Waals surface area (Å²) in [5, 5.41) is 0. The number of carbonyl (C=O) groups is 3. The Morgan fingerprint density at radius 1 is 0.861 bits per heavy atom. The van der Waals surface area contributed by atoms with Crippen molar-refractivity contribution in [3.05, 3.63) is 56.2 Å². The van der Waals surface area contributed by atoms with Crippen LogP contribution in [0.4, 0.5) is 14.4 Å². The first-order valence-electron chi connectivity index (χ1n) is 10.1. The van der Waals surface area contributed by atoms with Crippen molar-refractivity contribution >= 4 is 18.3 Å². The number of nitrogens with zero attached hydrogens (tertiary/aromatic N) is 6. The van der Waals surface area contributed by atoms with Gasteiger partial charge in [-0.3, -0.25) is 0 Å². The van der Waals surface area contributed by atoms with E-state index in [0.717, 1.165) is 0 Å². The van der Waals surface area contributed by atoms with Gasteiger partial charge in [-0.25, -0.2) is 43.0 Å². The highest BCUT2D eigenvalue weighted by atomic mass is 16.6. The molecule has 0 amide bonds. The Bertz CT molecular complexity index is 1210. The molecule has 3 aromatic rings. The van der Waals surface area contributed by atoms with E-state index in [1.54, 1.807) is 20.8 Å². The molecule has 3 heterocycles. The molecule has 0 aliphatic heterocycles. The molecule has 12 heteroatoms. The fourth-order valence-corrected chi connectivity index (χ4v) is 1.83. The minimum Gasteiger partial charge on any atom is -0.436 e. The van der Waals surface area contributed by atoms with E-state index in [2.05, 4.69) is 37.5 Å². The highest BCUT2D eigenvalue weighted by molar-refractivity contribution is 5.71. The molecule has 12 nitrogen and oxygen atoms in total. The number of hydrogen-bond acceptors (Lipinski definition) is 9. The molecule has 0 fully saturated rings. The maximum atomic E-state index is 11.3. The van der Waals surface area contributed by atoms with Crippen molar-refractivity contribution in [2.45, 2.75) is 32.5 Å². The first-order valence-corrected chi connectivity index (χ1v) is 10.1. The number of aromatic nitrogens is 6. The standard InChI is InChI=1S/C9H10N2O2.C8H8N2O2.C7H6N2O2/c1-4-9(2,3)13-8(12)11-6-5-10-7-11;1-3-7(2)12-8(11)10-5-4-9-6-10;1-2-5-11-7(10)9-4-3-8-6-9/h1,5-7H,2-3H3;1,4-7H,2H3;1,3-4,6H,5H2. The predicted molar refractivity (Wildman–Crippen MR) is 127 cm³/mol. The van der Waals surface area contributed by atoms with Gasteiger partial charge in [-0.2, -0.15) is 0 Å². The number of rotatable bonds is 3. The Labute approximate surface area is 208 Å². The topological polar surface area (TPSA) is 132 Å². The molecule has 36 heavy (non-hydrogen) atoms. The molecular weight excluding hydrogens is 468 g/mol. The number of hydrogen-bond donors (Lipinski definition) is 0. The van der Waals surface area contributed by atoms with Gasteiger partial charge in [0.1, 0.15) is 19.0 Å². The van der Waals surface area contributed by atoms with E-state index < -0.39 is 30.0 Å². The number of terminal acetylenes is 3. The molecule has 0 aliphatic rings. The molecule has 0 saturated carbocycles. The Balaban J connectivity index is 0.000000271. The summed E-state index contributed by atoms with van der Waals surface area (Å²) >= 11 is 0. The van der Waals surface area contributed by atoms with Gasteiger partial charge < -0.3 is 14.2 Å². The van der Waals surface area contributed by atoms with Gasteiger partial charge in [-0.15, -0.1) is 19.3 Å². The van der Waals surface area contributed by atoms with Gasteiger partial charge in [0, 0.05) is 37.2 Å². The van der Waals surface area contributed by atoms with Gasteiger partial charge in [0.05, 0.1) is 0 Å². The monoisotopic (exact) mass is 492 g/mol. The van der Waals surface area contributed by atoms with Crippen LogP contribution in [0.25, 0.3) is 0 Å². The van der Waals surface area contributed by atoms with Crippen LogP contribution in [0.5, 0.6) is 0 Å². The first kappa shape index (κ1) is 28.8. The Morgan fingerprint density at radius 2 is 1.33 bits per heavy atom. The van der Waals surface area contributed by atoms with Crippen molar-refractivity contribution in [2.75, 3.05) is 6.61 Å². The lowest BCUT2D eigenvalue weighted by Crippen LogP contribution is -2.28. The zero-order chi connectivity index (χ0) is 27.0. The Hall–Kier alpha value is -5.28. The highest BCUT2D eigenvalue weighted by Gasteiger charge is 2.20. The van der Waals surface area contributed by atoms with Crippen LogP contribution in [0.15, 0.2) is 56.2 Å². The molecule has 1 unspecified atom stereocenters. The van der Waals surface area contributed by atoms with Gasteiger partial charge in [0.15, 0.2) is 18.3 Å². The summed E-state index contributed by atoms with van der Waals surface area (Å²) in [5.41, 5.74) is -0.888. The van der Waals surface area contributed by atoms with E-state index in [1.807, 2.05) is 0 Å². The van der Waals surface area contributed by atoms with E-state index in [-0.39, 0.29) is 6.61 Å². The van der Waals surface area contributed by atoms with Crippen LogP contribution in [-0.2, 0) is 14.2 Å². The van der Waals surface area contributed by atoms with E-state index in [4.69, 9.17) is 28.7 Å². The van der Waals surface area contributed by atoms with Crippen LogP contribution in [0.2, 0.25) is 0 Å². The SMILES string of the molecule is C#CC(C)(C)OC(=O)n1ccnc1.C#CC(C)OC(=O)n1ccnc1.C#CCOC(=O)n1ccnc1. The van der Waals surface area contributed by atoms with Crippen LogP contribution in [0.1, 0.15) is 20.8 Å². The molecule has 0 aromatic carbocycles. The number of carbonyl (C=O) groups excluding carboxylic acids is 3. The van der Waals surface area contributed by atoms with Crippen LogP contribution < -0.4 is 0 Å². The molecule has 0 bridgehead atoms. The summed E-state index contributed by atoms with van der Waals surface area (Å²) in [6, 6.07) is 0. The van der Waals surface area contributed by atoms with E-state index in [0.29, 0.717) is 0 Å². The second-order valence-corrected chi connectivity index (χ2v) is 6.88. The van der Waals surface area contributed by atoms with Crippen molar-refractivity contribution in [3.8, 4) is 37.0 Å². The molecule has 0 N–H and O–H groups in total. The maximum Gasteiger partial charge on any atom is 0.420 e. The average Bonchev–Trinajstić information content (AvgIpc) is 3.66. The summed E-state index contributed by atoms with van der Waals surface area (Å²) in [5.74, 6) is 6.82. The normalized spacial score (nSPS) is 10.3. The number of imidazole rings is 3. The van der Waals surface area contributed by atoms with E-state index in [9.17, 15) is 14.4 Å². The highest BCUT2D eigenvalue weighted by Crippen LogP contribution is 2.08. The lowest BCUT2D eigenvalue weighted by molar-refractivity contribution is 0.0793. The maximum absolute atomic E-state index is 11.3. The smallest absolute Gasteiger partial charge is 0.420 e. The summed E-state index contributed by atoms with van der Waals surface area (Å²) in [4.78, 5) is 44.3. The minimum atomic E-state index is -0.888. The van der Waals surface area contributed by atoms with Gasteiger partial charge in [-0.1, -0.05) is 17.8 Å². The molecule has 0 spiro atoms. The molecule has 0 aliphatic carbocycles. The van der Waals surface area contributed by atoms with Crippen molar-refractivity contribution in [1.82, 2.24) is 28.7 Å².